The number of urea groups is 1. The molecule has 0 bridgehead atoms. The van der Waals surface area contributed by atoms with Crippen molar-refractivity contribution < 1.29 is 19.5 Å². The molecule has 3 amide bonds. The van der Waals surface area contributed by atoms with Crippen LogP contribution in [0.15, 0.2) is 0 Å². The molecule has 20 heavy (non-hydrogen) atoms. The minimum absolute atomic E-state index is 0.0747. The first-order valence-corrected chi connectivity index (χ1v) is 7.11. The van der Waals surface area contributed by atoms with Gasteiger partial charge in [0, 0.05) is 32.0 Å². The lowest BCUT2D eigenvalue weighted by molar-refractivity contribution is -0.137. The minimum Gasteiger partial charge on any atom is -0.481 e. The van der Waals surface area contributed by atoms with Gasteiger partial charge in [0.15, 0.2) is 0 Å². The highest BCUT2D eigenvalue weighted by atomic mass is 16.4. The Morgan fingerprint density at radius 1 is 0.900 bits per heavy atom. The van der Waals surface area contributed by atoms with Crippen LogP contribution in [0.3, 0.4) is 0 Å². The van der Waals surface area contributed by atoms with Gasteiger partial charge in [-0.25, -0.2) is 4.79 Å². The number of unbranched alkanes of at least 4 members (excludes halogenated alkanes) is 2. The van der Waals surface area contributed by atoms with E-state index in [9.17, 15) is 14.4 Å². The Hall–Kier alpha value is -1.79. The van der Waals surface area contributed by atoms with Crippen molar-refractivity contribution in [3.8, 4) is 0 Å². The predicted octanol–water partition coefficient (Wildman–Crippen LogP) is 0.457. The number of hydrogen-bond acceptors (Lipinski definition) is 3. The lowest BCUT2D eigenvalue weighted by Gasteiger charge is -2.08. The second kappa shape index (κ2) is 9.17. The molecule has 7 nitrogen and oxygen atoms in total. The fourth-order valence-electron chi connectivity index (χ4n) is 1.69. The van der Waals surface area contributed by atoms with Crippen molar-refractivity contribution in [3.05, 3.63) is 0 Å². The summed E-state index contributed by atoms with van der Waals surface area (Å²) in [5.74, 6) is -0.524. The van der Waals surface area contributed by atoms with Crippen molar-refractivity contribution in [1.29, 1.82) is 0 Å². The first-order chi connectivity index (χ1) is 9.59. The summed E-state index contributed by atoms with van der Waals surface area (Å²) < 4.78 is 0. The van der Waals surface area contributed by atoms with Crippen LogP contribution >= 0.6 is 0 Å². The topological polar surface area (TPSA) is 108 Å². The highest BCUT2D eigenvalue weighted by molar-refractivity contribution is 5.80. The van der Waals surface area contributed by atoms with Gasteiger partial charge in [0.2, 0.25) is 5.91 Å². The van der Waals surface area contributed by atoms with E-state index in [0.29, 0.717) is 26.1 Å². The molecule has 114 valence electrons. The third-order valence-electron chi connectivity index (χ3n) is 3.01. The zero-order valence-corrected chi connectivity index (χ0v) is 11.6. The molecule has 1 saturated carbocycles. The number of nitrogens with one attached hydrogen (secondary N) is 3. The summed E-state index contributed by atoms with van der Waals surface area (Å²) in [7, 11) is 0. The fourth-order valence-corrected chi connectivity index (χ4v) is 1.69. The Balaban J connectivity index is 1.84. The lowest BCUT2D eigenvalue weighted by atomic mass is 10.2. The summed E-state index contributed by atoms with van der Waals surface area (Å²) in [6, 6.07) is -0.260. The Kier molecular flexibility index (Phi) is 7.46. The standard InChI is InChI=1S/C13H23N3O4/c17-11(18)4-2-1-3-7-15-13(20)16-9-8-14-12(19)10-5-6-10/h10H,1-9H2,(H,14,19)(H,17,18)(H2,15,16,20). The molecule has 1 fully saturated rings. The van der Waals surface area contributed by atoms with E-state index in [0.717, 1.165) is 25.7 Å². The van der Waals surface area contributed by atoms with Crippen LogP contribution in [-0.2, 0) is 9.59 Å². The molecular weight excluding hydrogens is 262 g/mol. The van der Waals surface area contributed by atoms with E-state index in [4.69, 9.17) is 5.11 Å². The number of rotatable bonds is 10. The van der Waals surface area contributed by atoms with E-state index in [1.807, 2.05) is 0 Å². The summed E-state index contributed by atoms with van der Waals surface area (Å²) in [5.41, 5.74) is 0. The third kappa shape index (κ3) is 8.34. The van der Waals surface area contributed by atoms with Gasteiger partial charge in [-0.3, -0.25) is 9.59 Å². The molecular formula is C13H23N3O4. The van der Waals surface area contributed by atoms with Crippen molar-refractivity contribution in [3.63, 3.8) is 0 Å². The molecule has 0 saturated heterocycles. The SMILES string of the molecule is O=C(O)CCCCCNC(=O)NCCNC(=O)C1CC1. The molecule has 0 aliphatic heterocycles. The monoisotopic (exact) mass is 285 g/mol. The van der Waals surface area contributed by atoms with E-state index in [1.165, 1.54) is 0 Å². The van der Waals surface area contributed by atoms with Gasteiger partial charge in [-0.05, 0) is 25.7 Å². The second-order valence-electron chi connectivity index (χ2n) is 4.95. The second-order valence-corrected chi connectivity index (χ2v) is 4.95. The lowest BCUT2D eigenvalue weighted by Crippen LogP contribution is -2.40. The normalized spacial score (nSPS) is 13.6. The zero-order valence-electron chi connectivity index (χ0n) is 11.6. The first-order valence-electron chi connectivity index (χ1n) is 7.11. The highest BCUT2D eigenvalue weighted by Gasteiger charge is 2.28. The van der Waals surface area contributed by atoms with E-state index in [1.54, 1.807) is 0 Å². The fraction of sp³-hybridized carbons (Fsp3) is 0.769. The number of carboxylic acid groups (broad SMARTS) is 1. The molecule has 1 rings (SSSR count). The Bertz CT molecular complexity index is 343. The van der Waals surface area contributed by atoms with Gasteiger partial charge >= 0.3 is 12.0 Å². The smallest absolute Gasteiger partial charge is 0.314 e. The Labute approximate surface area is 118 Å². The first kappa shape index (κ1) is 16.3. The van der Waals surface area contributed by atoms with Gasteiger partial charge < -0.3 is 21.1 Å². The van der Waals surface area contributed by atoms with Crippen LogP contribution in [0.25, 0.3) is 0 Å². The van der Waals surface area contributed by atoms with E-state index in [2.05, 4.69) is 16.0 Å². The molecule has 0 aromatic carbocycles. The average Bonchev–Trinajstić information content (AvgIpc) is 3.22. The molecule has 1 aliphatic carbocycles. The van der Waals surface area contributed by atoms with Crippen molar-refractivity contribution in [1.82, 2.24) is 16.0 Å². The van der Waals surface area contributed by atoms with Crippen LogP contribution in [0.5, 0.6) is 0 Å². The summed E-state index contributed by atoms with van der Waals surface area (Å²) >= 11 is 0. The largest absolute Gasteiger partial charge is 0.481 e. The number of amides is 3. The summed E-state index contributed by atoms with van der Waals surface area (Å²) in [6.45, 7) is 1.38. The molecule has 7 heteroatoms. The van der Waals surface area contributed by atoms with E-state index >= 15 is 0 Å². The number of carbonyl (C=O) groups is 3. The number of carbonyl (C=O) groups excluding carboxylic acids is 2. The Morgan fingerprint density at radius 3 is 2.20 bits per heavy atom. The van der Waals surface area contributed by atoms with Crippen LogP contribution in [0, 0.1) is 5.92 Å². The van der Waals surface area contributed by atoms with Gasteiger partial charge in [-0.15, -0.1) is 0 Å². The number of aliphatic carboxylic acids is 1. The number of hydrogen-bond donors (Lipinski definition) is 4. The van der Waals surface area contributed by atoms with Crippen LogP contribution < -0.4 is 16.0 Å². The Morgan fingerprint density at radius 2 is 1.55 bits per heavy atom. The van der Waals surface area contributed by atoms with Gasteiger partial charge in [-0.1, -0.05) is 6.42 Å². The maximum absolute atomic E-state index is 11.3. The summed E-state index contributed by atoms with van der Waals surface area (Å²) in [6.07, 6.45) is 4.30. The van der Waals surface area contributed by atoms with Crippen molar-refractivity contribution in [2.75, 3.05) is 19.6 Å². The van der Waals surface area contributed by atoms with Crippen LogP contribution in [0.2, 0.25) is 0 Å². The van der Waals surface area contributed by atoms with Crippen LogP contribution in [0.4, 0.5) is 4.79 Å². The van der Waals surface area contributed by atoms with Gasteiger partial charge in [0.1, 0.15) is 0 Å². The average molecular weight is 285 g/mol. The number of carboxylic acids is 1. The van der Waals surface area contributed by atoms with Crippen molar-refractivity contribution in [2.24, 2.45) is 5.92 Å². The van der Waals surface area contributed by atoms with Crippen molar-refractivity contribution in [2.45, 2.75) is 38.5 Å². The molecule has 0 unspecified atom stereocenters. The summed E-state index contributed by atoms with van der Waals surface area (Å²) in [4.78, 5) is 32.9. The summed E-state index contributed by atoms with van der Waals surface area (Å²) in [5, 5.41) is 16.5. The maximum atomic E-state index is 11.3. The van der Waals surface area contributed by atoms with Crippen molar-refractivity contribution >= 4 is 17.9 Å². The minimum atomic E-state index is -0.788. The highest BCUT2D eigenvalue weighted by Crippen LogP contribution is 2.28. The molecule has 0 heterocycles. The van der Waals surface area contributed by atoms with Gasteiger partial charge in [0.25, 0.3) is 0 Å². The van der Waals surface area contributed by atoms with Gasteiger partial charge in [0.05, 0.1) is 0 Å². The molecule has 0 aromatic heterocycles. The molecule has 0 aromatic rings. The maximum Gasteiger partial charge on any atom is 0.314 e. The molecule has 4 N–H and O–H groups in total. The molecule has 0 spiro atoms. The molecule has 0 radical (unpaired) electrons. The quantitative estimate of drug-likeness (QED) is 0.437. The molecule has 1 aliphatic rings. The van der Waals surface area contributed by atoms with Gasteiger partial charge in [-0.2, -0.15) is 0 Å². The predicted molar refractivity (Wildman–Crippen MR) is 73.2 cm³/mol. The van der Waals surface area contributed by atoms with E-state index in [-0.39, 0.29) is 24.3 Å². The third-order valence-corrected chi connectivity index (χ3v) is 3.01. The van der Waals surface area contributed by atoms with Crippen LogP contribution in [0.1, 0.15) is 38.5 Å². The molecule has 0 atom stereocenters. The van der Waals surface area contributed by atoms with Crippen LogP contribution in [-0.4, -0.2) is 42.6 Å². The van der Waals surface area contributed by atoms with E-state index < -0.39 is 5.97 Å². The zero-order chi connectivity index (χ0) is 14.8.